The van der Waals surface area contributed by atoms with Gasteiger partial charge in [-0.2, -0.15) is 0 Å². The van der Waals surface area contributed by atoms with Gasteiger partial charge in [0.2, 0.25) is 0 Å². The van der Waals surface area contributed by atoms with E-state index in [9.17, 15) is 8.42 Å². The Balaban J connectivity index is 1.43. The highest BCUT2D eigenvalue weighted by Crippen LogP contribution is 2.25. The summed E-state index contributed by atoms with van der Waals surface area (Å²) >= 11 is 0. The van der Waals surface area contributed by atoms with E-state index in [4.69, 9.17) is 0 Å². The highest BCUT2D eigenvalue weighted by Gasteiger charge is 2.18. The lowest BCUT2D eigenvalue weighted by atomic mass is 9.92. The second-order valence-corrected chi connectivity index (χ2v) is 8.57. The van der Waals surface area contributed by atoms with Gasteiger partial charge in [0.1, 0.15) is 5.82 Å². The van der Waals surface area contributed by atoms with Crippen molar-refractivity contribution in [1.82, 2.24) is 9.97 Å². The Morgan fingerprint density at radius 2 is 1.82 bits per heavy atom. The zero-order valence-electron chi connectivity index (χ0n) is 15.4. The number of nitrogens with zero attached hydrogens (tertiary/aromatic N) is 2. The normalized spacial score (nSPS) is 13.6. The number of hydrogen-bond donors (Lipinski definition) is 2. The summed E-state index contributed by atoms with van der Waals surface area (Å²) in [6, 6.07) is 12.7. The maximum Gasteiger partial charge on any atom is 0.263 e. The first-order valence-electron chi connectivity index (χ1n) is 9.34. The fourth-order valence-electron chi connectivity index (χ4n) is 3.34. The van der Waals surface area contributed by atoms with Crippen molar-refractivity contribution < 1.29 is 8.42 Å². The maximum atomic E-state index is 12.7. The molecule has 1 aromatic carbocycles. The van der Waals surface area contributed by atoms with Crippen LogP contribution in [-0.2, 0) is 29.4 Å². The predicted molar refractivity (Wildman–Crippen MR) is 110 cm³/mol. The van der Waals surface area contributed by atoms with Crippen molar-refractivity contribution in [3.05, 3.63) is 77.7 Å². The minimum Gasteiger partial charge on any atom is -0.380 e. The quantitative estimate of drug-likeness (QED) is 0.665. The van der Waals surface area contributed by atoms with Crippen LogP contribution in [0, 0.1) is 0 Å². The molecule has 6 nitrogen and oxygen atoms in total. The molecule has 0 radical (unpaired) electrons. The molecule has 7 heteroatoms. The largest absolute Gasteiger partial charge is 0.380 e. The van der Waals surface area contributed by atoms with Crippen molar-refractivity contribution in [2.75, 3.05) is 10.0 Å². The second kappa shape index (κ2) is 7.98. The molecule has 0 bridgehead atoms. The highest BCUT2D eigenvalue weighted by molar-refractivity contribution is 7.92. The summed E-state index contributed by atoms with van der Waals surface area (Å²) in [6.45, 7) is 0.621. The Morgan fingerprint density at radius 3 is 2.57 bits per heavy atom. The zero-order valence-corrected chi connectivity index (χ0v) is 16.2. The van der Waals surface area contributed by atoms with Gasteiger partial charge < -0.3 is 5.32 Å². The molecule has 144 valence electrons. The van der Waals surface area contributed by atoms with Crippen LogP contribution in [0.1, 0.15) is 29.5 Å². The molecule has 3 aromatic rings. The zero-order chi connectivity index (χ0) is 19.4. The Labute approximate surface area is 165 Å². The standard InChI is InChI=1S/C21H22N4O2S/c26-28(27,20-9-7-17-5-1-2-6-18(17)12-20)25-21-10-8-19(15-24-21)23-14-16-4-3-11-22-13-16/h3-4,7-13,15,23H,1-2,5-6,14H2,(H,24,25). The third-order valence-electron chi connectivity index (χ3n) is 4.85. The summed E-state index contributed by atoms with van der Waals surface area (Å²) in [5.74, 6) is 0.296. The Kier molecular flexibility index (Phi) is 5.25. The van der Waals surface area contributed by atoms with Crippen LogP contribution in [-0.4, -0.2) is 18.4 Å². The van der Waals surface area contributed by atoms with E-state index in [1.54, 1.807) is 42.9 Å². The molecule has 28 heavy (non-hydrogen) atoms. The molecule has 0 spiro atoms. The monoisotopic (exact) mass is 394 g/mol. The first-order chi connectivity index (χ1) is 13.6. The van der Waals surface area contributed by atoms with E-state index in [1.807, 2.05) is 18.2 Å². The van der Waals surface area contributed by atoms with Crippen LogP contribution >= 0.6 is 0 Å². The van der Waals surface area contributed by atoms with Crippen molar-refractivity contribution in [2.45, 2.75) is 37.1 Å². The second-order valence-electron chi connectivity index (χ2n) is 6.89. The molecule has 2 N–H and O–H groups in total. The van der Waals surface area contributed by atoms with Crippen molar-refractivity contribution >= 4 is 21.5 Å². The molecule has 2 heterocycles. The Hall–Kier alpha value is -2.93. The molecule has 0 fully saturated rings. The van der Waals surface area contributed by atoms with Gasteiger partial charge in [0.25, 0.3) is 10.0 Å². The van der Waals surface area contributed by atoms with Gasteiger partial charge in [-0.15, -0.1) is 0 Å². The number of hydrogen-bond acceptors (Lipinski definition) is 5. The third kappa shape index (κ3) is 4.31. The number of nitrogens with one attached hydrogen (secondary N) is 2. The van der Waals surface area contributed by atoms with E-state index < -0.39 is 10.0 Å². The summed E-state index contributed by atoms with van der Waals surface area (Å²) in [7, 11) is -3.66. The summed E-state index contributed by atoms with van der Waals surface area (Å²) < 4.78 is 28.0. The van der Waals surface area contributed by atoms with Crippen molar-refractivity contribution in [1.29, 1.82) is 0 Å². The van der Waals surface area contributed by atoms with Crippen LogP contribution in [0.5, 0.6) is 0 Å². The fourth-order valence-corrected chi connectivity index (χ4v) is 4.40. The molecule has 1 aliphatic carbocycles. The topological polar surface area (TPSA) is 84.0 Å². The van der Waals surface area contributed by atoms with Crippen molar-refractivity contribution in [2.24, 2.45) is 0 Å². The number of rotatable bonds is 6. The van der Waals surface area contributed by atoms with Crippen LogP contribution in [0.3, 0.4) is 0 Å². The van der Waals surface area contributed by atoms with Gasteiger partial charge in [-0.3, -0.25) is 9.71 Å². The number of pyridine rings is 2. The molecule has 2 aromatic heterocycles. The van der Waals surface area contributed by atoms with Gasteiger partial charge in [0.05, 0.1) is 16.8 Å². The van der Waals surface area contributed by atoms with Crippen LogP contribution in [0.15, 0.2) is 66.0 Å². The van der Waals surface area contributed by atoms with Crippen LogP contribution < -0.4 is 10.0 Å². The molecule has 0 amide bonds. The summed E-state index contributed by atoms with van der Waals surface area (Å²) in [6.07, 6.45) is 9.38. The molecular weight excluding hydrogens is 372 g/mol. The Morgan fingerprint density at radius 1 is 0.964 bits per heavy atom. The number of fused-ring (bicyclic) bond motifs is 1. The molecule has 0 saturated carbocycles. The number of aromatic nitrogens is 2. The van der Waals surface area contributed by atoms with E-state index in [-0.39, 0.29) is 4.90 Å². The summed E-state index contributed by atoms with van der Waals surface area (Å²) in [5.41, 5.74) is 4.25. The van der Waals surface area contributed by atoms with Crippen LogP contribution in [0.2, 0.25) is 0 Å². The molecule has 4 rings (SSSR count). The van der Waals surface area contributed by atoms with Crippen molar-refractivity contribution in [3.63, 3.8) is 0 Å². The minimum atomic E-state index is -3.66. The molecule has 0 unspecified atom stereocenters. The number of aryl methyl sites for hydroxylation is 2. The molecule has 0 saturated heterocycles. The van der Waals surface area contributed by atoms with Gasteiger partial charge in [-0.1, -0.05) is 12.1 Å². The first-order valence-corrected chi connectivity index (χ1v) is 10.8. The number of anilines is 2. The van der Waals surface area contributed by atoms with Gasteiger partial charge in [0, 0.05) is 18.9 Å². The molecule has 0 aliphatic heterocycles. The highest BCUT2D eigenvalue weighted by atomic mass is 32.2. The van der Waals surface area contributed by atoms with Gasteiger partial charge >= 0.3 is 0 Å². The lowest BCUT2D eigenvalue weighted by Gasteiger charge is -2.17. The van der Waals surface area contributed by atoms with E-state index in [2.05, 4.69) is 20.0 Å². The SMILES string of the molecule is O=S(=O)(Nc1ccc(NCc2cccnc2)cn1)c1ccc2c(c1)CCCC2. The average Bonchev–Trinajstić information content (AvgIpc) is 2.73. The van der Waals surface area contributed by atoms with E-state index >= 15 is 0 Å². The molecule has 1 aliphatic rings. The lowest BCUT2D eigenvalue weighted by molar-refractivity contribution is 0.600. The first kappa shape index (κ1) is 18.4. The smallest absolute Gasteiger partial charge is 0.263 e. The molecular formula is C21H22N4O2S. The minimum absolute atomic E-state index is 0.286. The van der Waals surface area contributed by atoms with Crippen LogP contribution in [0.25, 0.3) is 0 Å². The lowest BCUT2D eigenvalue weighted by Crippen LogP contribution is -2.15. The number of sulfonamides is 1. The third-order valence-corrected chi connectivity index (χ3v) is 6.20. The maximum absolute atomic E-state index is 12.7. The fraction of sp³-hybridized carbons (Fsp3) is 0.238. The van der Waals surface area contributed by atoms with Gasteiger partial charge in [-0.05, 0) is 72.7 Å². The Bertz CT molecular complexity index is 1050. The molecule has 0 atom stereocenters. The number of benzene rings is 1. The summed E-state index contributed by atoms with van der Waals surface area (Å²) in [4.78, 5) is 8.58. The van der Waals surface area contributed by atoms with E-state index in [0.29, 0.717) is 12.4 Å². The van der Waals surface area contributed by atoms with Crippen LogP contribution in [0.4, 0.5) is 11.5 Å². The van der Waals surface area contributed by atoms with Gasteiger partial charge in [0.15, 0.2) is 0 Å². The van der Waals surface area contributed by atoms with E-state index in [1.165, 1.54) is 12.0 Å². The van der Waals surface area contributed by atoms with Gasteiger partial charge in [-0.25, -0.2) is 13.4 Å². The van der Waals surface area contributed by atoms with Crippen molar-refractivity contribution in [3.8, 4) is 0 Å². The summed E-state index contributed by atoms with van der Waals surface area (Å²) in [5, 5.41) is 3.24. The van der Waals surface area contributed by atoms with E-state index in [0.717, 1.165) is 36.1 Å². The average molecular weight is 395 g/mol. The predicted octanol–water partition coefficient (Wildman–Crippen LogP) is 3.77.